The second kappa shape index (κ2) is 9.69. The first-order valence-corrected chi connectivity index (χ1v) is 9.98. The van der Waals surface area contributed by atoms with E-state index in [4.69, 9.17) is 9.84 Å². The first-order chi connectivity index (χ1) is 13.5. The molecule has 2 aromatic carbocycles. The highest BCUT2D eigenvalue weighted by Crippen LogP contribution is 2.21. The molecule has 1 unspecified atom stereocenters. The summed E-state index contributed by atoms with van der Waals surface area (Å²) in [5.41, 5.74) is 2.23. The fraction of sp³-hybridized carbons (Fsp3) is 0.435. The predicted octanol–water partition coefficient (Wildman–Crippen LogP) is 4.37. The van der Waals surface area contributed by atoms with E-state index >= 15 is 0 Å². The number of carboxylic acid groups (broad SMARTS) is 1. The summed E-state index contributed by atoms with van der Waals surface area (Å²) >= 11 is 0. The van der Waals surface area contributed by atoms with E-state index in [0.29, 0.717) is 12.8 Å². The lowest BCUT2D eigenvalue weighted by Crippen LogP contribution is -2.41. The van der Waals surface area contributed by atoms with Crippen molar-refractivity contribution in [3.8, 4) is 5.75 Å². The molecule has 1 N–H and O–H groups in total. The molecule has 1 aliphatic rings. The lowest BCUT2D eigenvalue weighted by Gasteiger charge is -2.32. The smallest absolute Gasteiger partial charge is 0.306 e. The molecule has 2 aromatic rings. The van der Waals surface area contributed by atoms with E-state index in [1.54, 1.807) is 12.1 Å². The molecule has 0 aromatic heterocycles. The Hall–Kier alpha value is -2.40. The van der Waals surface area contributed by atoms with Gasteiger partial charge in [0, 0.05) is 6.54 Å². The topological polar surface area (TPSA) is 49.8 Å². The van der Waals surface area contributed by atoms with Gasteiger partial charge in [0.25, 0.3) is 0 Å². The third-order valence-electron chi connectivity index (χ3n) is 5.40. The molecule has 3 rings (SSSR count). The normalized spacial score (nSPS) is 16.6. The Balaban J connectivity index is 1.50. The van der Waals surface area contributed by atoms with Crippen LogP contribution >= 0.6 is 0 Å². The Labute approximate surface area is 165 Å². The second-order valence-corrected chi connectivity index (χ2v) is 7.51. The Morgan fingerprint density at radius 3 is 2.21 bits per heavy atom. The van der Waals surface area contributed by atoms with Crippen LogP contribution in [0.5, 0.6) is 5.75 Å². The number of likely N-dealkylation sites (tertiary alicyclic amines) is 1. The van der Waals surface area contributed by atoms with Gasteiger partial charge in [-0.05, 0) is 74.2 Å². The molecule has 0 amide bonds. The van der Waals surface area contributed by atoms with Gasteiger partial charge >= 0.3 is 5.97 Å². The molecule has 0 saturated carbocycles. The maximum Gasteiger partial charge on any atom is 0.306 e. The molecular formula is C23H28FNO3. The zero-order chi connectivity index (χ0) is 19.9. The van der Waals surface area contributed by atoms with Crippen molar-refractivity contribution in [1.29, 1.82) is 0 Å². The quantitative estimate of drug-likeness (QED) is 0.733. The number of carboxylic acids is 1. The lowest BCUT2D eigenvalue weighted by molar-refractivity contribution is -0.143. The number of benzene rings is 2. The lowest BCUT2D eigenvalue weighted by atomic mass is 9.97. The molecule has 1 atom stereocenters. The highest BCUT2D eigenvalue weighted by atomic mass is 19.1. The van der Waals surface area contributed by atoms with Gasteiger partial charge in [0.2, 0.25) is 0 Å². The Kier molecular flexibility index (Phi) is 7.04. The second-order valence-electron chi connectivity index (χ2n) is 7.51. The van der Waals surface area contributed by atoms with Gasteiger partial charge < -0.3 is 9.84 Å². The first kappa shape index (κ1) is 20.3. The number of ether oxygens (including phenoxy) is 1. The van der Waals surface area contributed by atoms with Crippen LogP contribution in [0.3, 0.4) is 0 Å². The van der Waals surface area contributed by atoms with E-state index in [1.807, 2.05) is 24.3 Å². The van der Waals surface area contributed by atoms with Crippen molar-refractivity contribution in [3.63, 3.8) is 0 Å². The molecule has 1 fully saturated rings. The van der Waals surface area contributed by atoms with Gasteiger partial charge in [-0.2, -0.15) is 0 Å². The Bertz CT molecular complexity index is 752. The van der Waals surface area contributed by atoms with E-state index in [-0.39, 0.29) is 17.8 Å². The van der Waals surface area contributed by atoms with E-state index in [1.165, 1.54) is 12.1 Å². The molecule has 0 bridgehead atoms. The summed E-state index contributed by atoms with van der Waals surface area (Å²) in [4.78, 5) is 13.4. The average Bonchev–Trinajstić information content (AvgIpc) is 2.71. The molecule has 150 valence electrons. The molecule has 1 saturated heterocycles. The molecular weight excluding hydrogens is 357 g/mol. The van der Waals surface area contributed by atoms with Crippen LogP contribution in [0.25, 0.3) is 0 Å². The largest absolute Gasteiger partial charge is 0.489 e. The van der Waals surface area contributed by atoms with Gasteiger partial charge in [0.1, 0.15) is 17.7 Å². The maximum absolute atomic E-state index is 13.0. The third-order valence-corrected chi connectivity index (χ3v) is 5.40. The first-order valence-electron chi connectivity index (χ1n) is 9.98. The highest BCUT2D eigenvalue weighted by Gasteiger charge is 2.25. The summed E-state index contributed by atoms with van der Waals surface area (Å²) in [6.07, 6.45) is 3.17. The predicted molar refractivity (Wildman–Crippen MR) is 107 cm³/mol. The number of nitrogens with zero attached hydrogens (tertiary/aromatic N) is 1. The minimum atomic E-state index is -0.677. The van der Waals surface area contributed by atoms with E-state index < -0.39 is 5.97 Å². The zero-order valence-electron chi connectivity index (χ0n) is 16.3. The van der Waals surface area contributed by atoms with Crippen molar-refractivity contribution in [1.82, 2.24) is 4.90 Å². The highest BCUT2D eigenvalue weighted by molar-refractivity contribution is 5.70. The number of hydrogen-bond donors (Lipinski definition) is 1. The minimum absolute atomic E-state index is 0.0873. The fourth-order valence-electron chi connectivity index (χ4n) is 3.62. The van der Waals surface area contributed by atoms with Crippen LogP contribution in [0.1, 0.15) is 37.3 Å². The number of halogens is 1. The summed E-state index contributed by atoms with van der Waals surface area (Å²) in [5.74, 6) is -0.255. The van der Waals surface area contributed by atoms with Crippen molar-refractivity contribution in [2.24, 2.45) is 5.92 Å². The summed E-state index contributed by atoms with van der Waals surface area (Å²) in [7, 11) is 0. The van der Waals surface area contributed by atoms with Crippen molar-refractivity contribution in [2.45, 2.75) is 38.7 Å². The van der Waals surface area contributed by atoms with Crippen molar-refractivity contribution >= 4 is 5.97 Å². The van der Waals surface area contributed by atoms with Crippen molar-refractivity contribution < 1.29 is 19.0 Å². The maximum atomic E-state index is 13.0. The van der Waals surface area contributed by atoms with Crippen LogP contribution < -0.4 is 4.74 Å². The summed E-state index contributed by atoms with van der Waals surface area (Å²) in [6.45, 7) is 4.55. The number of carbonyl (C=O) groups is 1. The van der Waals surface area contributed by atoms with Crippen molar-refractivity contribution in [2.75, 3.05) is 19.6 Å². The van der Waals surface area contributed by atoms with Gasteiger partial charge in [0.05, 0.1) is 5.92 Å². The van der Waals surface area contributed by atoms with Crippen LogP contribution in [0.15, 0.2) is 48.5 Å². The van der Waals surface area contributed by atoms with Crippen LogP contribution in [0.2, 0.25) is 0 Å². The molecule has 0 aliphatic carbocycles. The van der Waals surface area contributed by atoms with Crippen LogP contribution in [0.4, 0.5) is 4.39 Å². The summed E-state index contributed by atoms with van der Waals surface area (Å²) in [5, 5.41) is 9.12. The van der Waals surface area contributed by atoms with E-state index in [9.17, 15) is 9.18 Å². The molecule has 1 aliphatic heterocycles. The van der Waals surface area contributed by atoms with Crippen LogP contribution in [0, 0.1) is 11.7 Å². The van der Waals surface area contributed by atoms with Crippen LogP contribution in [-0.4, -0.2) is 41.7 Å². The molecule has 4 nitrogen and oxygen atoms in total. The molecule has 0 radical (unpaired) electrons. The van der Waals surface area contributed by atoms with E-state index in [2.05, 4.69) is 11.8 Å². The van der Waals surface area contributed by atoms with Gasteiger partial charge in [0.15, 0.2) is 0 Å². The number of piperidine rings is 1. The third kappa shape index (κ3) is 5.80. The Morgan fingerprint density at radius 2 is 1.68 bits per heavy atom. The standard InChI is InChI=1S/C23H28FNO3/c1-2-21(16-25-13-11-19(12-14-25)23(26)27)28-22-9-5-18(6-10-22)15-17-3-7-20(24)8-4-17/h3-10,19,21H,2,11-16H2,1H3,(H,26,27). The summed E-state index contributed by atoms with van der Waals surface area (Å²) in [6, 6.07) is 14.6. The molecule has 0 spiro atoms. The van der Waals surface area contributed by atoms with Gasteiger partial charge in [-0.25, -0.2) is 4.39 Å². The number of aliphatic carboxylic acids is 1. The van der Waals surface area contributed by atoms with Gasteiger partial charge in [-0.1, -0.05) is 31.2 Å². The molecule has 5 heteroatoms. The van der Waals surface area contributed by atoms with Crippen molar-refractivity contribution in [3.05, 3.63) is 65.5 Å². The minimum Gasteiger partial charge on any atom is -0.489 e. The average molecular weight is 385 g/mol. The fourth-order valence-corrected chi connectivity index (χ4v) is 3.62. The zero-order valence-corrected chi connectivity index (χ0v) is 16.3. The van der Waals surface area contributed by atoms with E-state index in [0.717, 1.165) is 49.4 Å². The Morgan fingerprint density at radius 1 is 1.11 bits per heavy atom. The molecule has 28 heavy (non-hydrogen) atoms. The van der Waals surface area contributed by atoms with Gasteiger partial charge in [-0.3, -0.25) is 9.69 Å². The van der Waals surface area contributed by atoms with Gasteiger partial charge in [-0.15, -0.1) is 0 Å². The SMILES string of the molecule is CCC(CN1CCC(C(=O)O)CC1)Oc1ccc(Cc2ccc(F)cc2)cc1. The van der Waals surface area contributed by atoms with Crippen LogP contribution in [-0.2, 0) is 11.2 Å². The molecule has 1 heterocycles. The number of hydrogen-bond acceptors (Lipinski definition) is 3. The summed E-state index contributed by atoms with van der Waals surface area (Å²) < 4.78 is 19.2. The number of rotatable bonds is 8. The monoisotopic (exact) mass is 385 g/mol.